The first-order valence-corrected chi connectivity index (χ1v) is 6.22. The largest absolute Gasteiger partial charge is 0.379 e. The van der Waals surface area contributed by atoms with E-state index in [-0.39, 0.29) is 0 Å². The van der Waals surface area contributed by atoms with Gasteiger partial charge >= 0.3 is 0 Å². The highest BCUT2D eigenvalue weighted by Gasteiger charge is 2.14. The van der Waals surface area contributed by atoms with Gasteiger partial charge in [0, 0.05) is 32.0 Å². The summed E-state index contributed by atoms with van der Waals surface area (Å²) in [6, 6.07) is 4.65. The second-order valence-corrected chi connectivity index (χ2v) is 4.71. The lowest BCUT2D eigenvalue weighted by molar-refractivity contribution is 0.480. The number of hydrogen-bond donors (Lipinski definition) is 2. The van der Waals surface area contributed by atoms with Crippen molar-refractivity contribution in [2.24, 2.45) is 7.05 Å². The number of hydrogen-bond acceptors (Lipinski definition) is 3. The van der Waals surface area contributed by atoms with Crippen LogP contribution in [0.15, 0.2) is 24.5 Å². The van der Waals surface area contributed by atoms with E-state index in [2.05, 4.69) is 45.6 Å². The lowest BCUT2D eigenvalue weighted by Gasteiger charge is -2.25. The number of rotatable bonds is 2. The molecule has 2 aromatic heterocycles. The second kappa shape index (κ2) is 4.37. The van der Waals surface area contributed by atoms with Crippen molar-refractivity contribution in [3.63, 3.8) is 0 Å². The van der Waals surface area contributed by atoms with Crippen molar-refractivity contribution in [3.05, 3.63) is 24.5 Å². The molecular weight excluding hydrogens is 212 g/mol. The molecular formula is C13H18N4. The summed E-state index contributed by atoms with van der Waals surface area (Å²) < 4.78 is 2.13. The molecule has 1 aliphatic heterocycles. The van der Waals surface area contributed by atoms with Crippen LogP contribution < -0.4 is 10.6 Å². The zero-order valence-corrected chi connectivity index (χ0v) is 10.1. The fourth-order valence-corrected chi connectivity index (χ4v) is 2.53. The van der Waals surface area contributed by atoms with E-state index in [1.165, 1.54) is 24.0 Å². The van der Waals surface area contributed by atoms with Gasteiger partial charge in [-0.25, -0.2) is 0 Å². The van der Waals surface area contributed by atoms with Crippen LogP contribution in [-0.2, 0) is 7.05 Å². The molecule has 1 unspecified atom stereocenters. The molecule has 3 heterocycles. The Kier molecular flexibility index (Phi) is 2.73. The van der Waals surface area contributed by atoms with Crippen LogP contribution in [-0.4, -0.2) is 28.7 Å². The van der Waals surface area contributed by atoms with E-state index in [9.17, 15) is 0 Å². The van der Waals surface area contributed by atoms with E-state index in [1.54, 1.807) is 0 Å². The molecule has 1 saturated heterocycles. The highest BCUT2D eigenvalue weighted by Crippen LogP contribution is 2.23. The topological polar surface area (TPSA) is 41.9 Å². The van der Waals surface area contributed by atoms with Crippen LogP contribution in [0.4, 0.5) is 5.69 Å². The maximum Gasteiger partial charge on any atom is 0.0902 e. The first-order chi connectivity index (χ1) is 8.34. The third-order valence-electron chi connectivity index (χ3n) is 3.42. The van der Waals surface area contributed by atoms with E-state index in [0.29, 0.717) is 6.04 Å². The van der Waals surface area contributed by atoms with Crippen molar-refractivity contribution in [1.82, 2.24) is 14.9 Å². The smallest absolute Gasteiger partial charge is 0.0902 e. The minimum Gasteiger partial charge on any atom is -0.379 e. The summed E-state index contributed by atoms with van der Waals surface area (Å²) in [4.78, 5) is 4.38. The molecule has 0 aliphatic carbocycles. The van der Waals surface area contributed by atoms with Gasteiger partial charge in [0.1, 0.15) is 0 Å². The van der Waals surface area contributed by atoms with Gasteiger partial charge in [0.25, 0.3) is 0 Å². The van der Waals surface area contributed by atoms with Crippen LogP contribution in [0.5, 0.6) is 0 Å². The van der Waals surface area contributed by atoms with Crippen molar-refractivity contribution in [2.45, 2.75) is 18.9 Å². The van der Waals surface area contributed by atoms with Gasteiger partial charge in [-0.05, 0) is 31.5 Å². The average Bonchev–Trinajstić information content (AvgIpc) is 2.74. The Labute approximate surface area is 101 Å². The molecule has 1 aliphatic rings. The van der Waals surface area contributed by atoms with E-state index < -0.39 is 0 Å². The highest BCUT2D eigenvalue weighted by atomic mass is 15.0. The monoisotopic (exact) mass is 230 g/mol. The number of aryl methyl sites for hydroxylation is 1. The molecule has 0 bridgehead atoms. The lowest BCUT2D eigenvalue weighted by Crippen LogP contribution is -2.38. The van der Waals surface area contributed by atoms with Crippen molar-refractivity contribution in [1.29, 1.82) is 0 Å². The number of nitrogens with one attached hydrogen (secondary N) is 2. The number of pyridine rings is 1. The molecule has 90 valence electrons. The maximum atomic E-state index is 4.38. The zero-order valence-electron chi connectivity index (χ0n) is 10.1. The van der Waals surface area contributed by atoms with Crippen LogP contribution in [0.2, 0.25) is 0 Å². The molecule has 17 heavy (non-hydrogen) atoms. The minimum atomic E-state index is 0.532. The normalized spacial score (nSPS) is 20.6. The summed E-state index contributed by atoms with van der Waals surface area (Å²) in [5.41, 5.74) is 3.44. The van der Waals surface area contributed by atoms with Crippen molar-refractivity contribution >= 4 is 16.7 Å². The van der Waals surface area contributed by atoms with Crippen LogP contribution >= 0.6 is 0 Å². The molecule has 2 aromatic rings. The van der Waals surface area contributed by atoms with Crippen molar-refractivity contribution in [2.75, 3.05) is 18.4 Å². The fourth-order valence-electron chi connectivity index (χ4n) is 2.53. The van der Waals surface area contributed by atoms with Gasteiger partial charge in [-0.1, -0.05) is 0 Å². The Morgan fingerprint density at radius 1 is 1.47 bits per heavy atom. The SMILES string of the molecule is Cn1ccc2nccc(NC3CCCNC3)c21. The third-order valence-corrected chi connectivity index (χ3v) is 3.42. The molecule has 0 spiro atoms. The van der Waals surface area contributed by atoms with Gasteiger partial charge in [-0.2, -0.15) is 0 Å². The van der Waals surface area contributed by atoms with Gasteiger partial charge in [0.2, 0.25) is 0 Å². The van der Waals surface area contributed by atoms with Gasteiger partial charge in [-0.3, -0.25) is 4.98 Å². The van der Waals surface area contributed by atoms with Crippen LogP contribution in [0.25, 0.3) is 11.0 Å². The Hall–Kier alpha value is -1.55. The number of nitrogens with zero attached hydrogens (tertiary/aromatic N) is 2. The van der Waals surface area contributed by atoms with E-state index in [0.717, 1.165) is 18.6 Å². The molecule has 1 atom stereocenters. The molecule has 4 heteroatoms. The van der Waals surface area contributed by atoms with Crippen molar-refractivity contribution in [3.8, 4) is 0 Å². The Balaban J connectivity index is 1.91. The number of anilines is 1. The van der Waals surface area contributed by atoms with Crippen LogP contribution in [0.3, 0.4) is 0 Å². The van der Waals surface area contributed by atoms with Crippen LogP contribution in [0, 0.1) is 0 Å². The molecule has 2 N–H and O–H groups in total. The molecule has 0 radical (unpaired) electrons. The van der Waals surface area contributed by atoms with Gasteiger partial charge < -0.3 is 15.2 Å². The van der Waals surface area contributed by atoms with E-state index in [4.69, 9.17) is 0 Å². The molecule has 4 nitrogen and oxygen atoms in total. The van der Waals surface area contributed by atoms with Crippen molar-refractivity contribution < 1.29 is 0 Å². The summed E-state index contributed by atoms with van der Waals surface area (Å²) in [6.45, 7) is 2.20. The Morgan fingerprint density at radius 2 is 2.41 bits per heavy atom. The first-order valence-electron chi connectivity index (χ1n) is 6.22. The summed E-state index contributed by atoms with van der Waals surface area (Å²) >= 11 is 0. The van der Waals surface area contributed by atoms with Crippen LogP contribution in [0.1, 0.15) is 12.8 Å². The minimum absolute atomic E-state index is 0.532. The summed E-state index contributed by atoms with van der Waals surface area (Å²) in [7, 11) is 2.06. The quantitative estimate of drug-likeness (QED) is 0.825. The predicted octanol–water partition coefficient (Wildman–Crippen LogP) is 1.74. The third kappa shape index (κ3) is 2.00. The standard InChI is InChI=1S/C13H18N4/c1-17-8-5-11-13(17)12(4-7-15-11)16-10-3-2-6-14-9-10/h4-5,7-8,10,14H,2-3,6,9H2,1H3,(H,15,16). The Morgan fingerprint density at radius 3 is 3.24 bits per heavy atom. The molecule has 1 fully saturated rings. The summed E-state index contributed by atoms with van der Waals surface area (Å²) in [5, 5.41) is 7.05. The second-order valence-electron chi connectivity index (χ2n) is 4.71. The summed E-state index contributed by atoms with van der Waals surface area (Å²) in [5.74, 6) is 0. The molecule has 3 rings (SSSR count). The Bertz CT molecular complexity index is 511. The van der Waals surface area contributed by atoms with Gasteiger partial charge in [0.05, 0.1) is 16.7 Å². The number of aromatic nitrogens is 2. The fraction of sp³-hybridized carbons (Fsp3) is 0.462. The van der Waals surface area contributed by atoms with Gasteiger partial charge in [-0.15, -0.1) is 0 Å². The molecule has 0 amide bonds. The first kappa shape index (κ1) is 10.6. The summed E-state index contributed by atoms with van der Waals surface area (Å²) in [6.07, 6.45) is 6.42. The number of fused-ring (bicyclic) bond motifs is 1. The molecule has 0 aromatic carbocycles. The van der Waals surface area contributed by atoms with Gasteiger partial charge in [0.15, 0.2) is 0 Å². The van der Waals surface area contributed by atoms with E-state index in [1.807, 2.05) is 6.20 Å². The zero-order chi connectivity index (χ0) is 11.7. The lowest BCUT2D eigenvalue weighted by atomic mass is 10.1. The van der Waals surface area contributed by atoms with E-state index >= 15 is 0 Å². The predicted molar refractivity (Wildman–Crippen MR) is 70.2 cm³/mol. The number of piperidine rings is 1. The highest BCUT2D eigenvalue weighted by molar-refractivity contribution is 5.88. The maximum absolute atomic E-state index is 4.38. The molecule has 0 saturated carbocycles. The average molecular weight is 230 g/mol.